The average molecular weight is 665 g/mol. The van der Waals surface area contributed by atoms with Crippen molar-refractivity contribution in [3.63, 3.8) is 0 Å². The lowest BCUT2D eigenvalue weighted by Crippen LogP contribution is -2.57. The van der Waals surface area contributed by atoms with E-state index < -0.39 is 29.6 Å². The molecule has 3 fully saturated rings. The maximum Gasteiger partial charge on any atom is 0.253 e. The van der Waals surface area contributed by atoms with Crippen molar-refractivity contribution in [2.24, 2.45) is 11.8 Å². The third kappa shape index (κ3) is 5.54. The lowest BCUT2D eigenvalue weighted by Gasteiger charge is -2.38. The molecule has 8 nitrogen and oxygen atoms in total. The van der Waals surface area contributed by atoms with Crippen molar-refractivity contribution < 1.29 is 24.2 Å². The predicted octanol–water partition coefficient (Wildman–Crippen LogP) is 4.95. The van der Waals surface area contributed by atoms with Crippen molar-refractivity contribution in [1.29, 1.82) is 0 Å². The maximum absolute atomic E-state index is 14.9. The molecule has 0 radical (unpaired) electrons. The highest BCUT2D eigenvalue weighted by atomic mass is 79.9. The van der Waals surface area contributed by atoms with Gasteiger partial charge in [-0.2, -0.15) is 0 Å². The first-order valence-corrected chi connectivity index (χ1v) is 16.3. The van der Waals surface area contributed by atoms with Crippen LogP contribution in [-0.2, 0) is 19.1 Å². The number of unbranched alkanes of at least 4 members (excludes halogenated alkanes) is 2. The van der Waals surface area contributed by atoms with Gasteiger partial charge in [-0.15, -0.1) is 13.2 Å². The molecule has 2 aromatic rings. The molecule has 5 rings (SSSR count). The Morgan fingerprint density at radius 1 is 1.05 bits per heavy atom. The van der Waals surface area contributed by atoms with Crippen LogP contribution in [0.4, 0.5) is 11.4 Å². The lowest BCUT2D eigenvalue weighted by atomic mass is 9.70. The fraction of sp³-hybridized carbons (Fsp3) is 0.457. The van der Waals surface area contributed by atoms with E-state index in [0.29, 0.717) is 37.9 Å². The molecular formula is C35H42BrN3O5. The summed E-state index contributed by atoms with van der Waals surface area (Å²) in [6.07, 6.45) is 5.18. The van der Waals surface area contributed by atoms with Gasteiger partial charge in [-0.1, -0.05) is 58.4 Å². The second-order valence-electron chi connectivity index (χ2n) is 12.1. The van der Waals surface area contributed by atoms with Crippen molar-refractivity contribution in [2.75, 3.05) is 36.0 Å². The number of aryl methyl sites for hydroxylation is 2. The van der Waals surface area contributed by atoms with E-state index in [0.717, 1.165) is 16.8 Å². The molecule has 2 aromatic carbocycles. The van der Waals surface area contributed by atoms with Gasteiger partial charge in [0.2, 0.25) is 11.8 Å². The minimum Gasteiger partial charge on any atom is -0.396 e. The summed E-state index contributed by atoms with van der Waals surface area (Å²) in [4.78, 5) is 48.6. The zero-order chi connectivity index (χ0) is 31.6. The Bertz CT molecular complexity index is 1420. The number of amides is 3. The van der Waals surface area contributed by atoms with Gasteiger partial charge in [0.25, 0.3) is 5.91 Å². The number of carbonyl (C=O) groups is 3. The van der Waals surface area contributed by atoms with Gasteiger partial charge in [0, 0.05) is 42.4 Å². The Labute approximate surface area is 268 Å². The van der Waals surface area contributed by atoms with Crippen molar-refractivity contribution in [2.45, 2.75) is 62.1 Å². The number of carbonyl (C=O) groups excluding carboxylic acids is 3. The second kappa shape index (κ2) is 13.4. The quantitative estimate of drug-likeness (QED) is 0.186. The highest BCUT2D eigenvalue weighted by Gasteiger charge is 2.77. The number of anilines is 2. The van der Waals surface area contributed by atoms with Crippen LogP contribution in [-0.4, -0.2) is 76.5 Å². The summed E-state index contributed by atoms with van der Waals surface area (Å²) in [6.45, 7) is 12.7. The minimum absolute atomic E-state index is 0.0634. The molecule has 3 unspecified atom stereocenters. The Morgan fingerprint density at radius 2 is 1.75 bits per heavy atom. The highest BCUT2D eigenvalue weighted by molar-refractivity contribution is 9.09. The summed E-state index contributed by atoms with van der Waals surface area (Å²) in [6, 6.07) is 14.4. The molecule has 0 saturated carbocycles. The number of hydrogen-bond donors (Lipinski definition) is 1. The third-order valence-corrected chi connectivity index (χ3v) is 10.1. The van der Waals surface area contributed by atoms with Gasteiger partial charge in [0.1, 0.15) is 11.6 Å². The fourth-order valence-corrected chi connectivity index (χ4v) is 8.28. The van der Waals surface area contributed by atoms with E-state index in [-0.39, 0.29) is 42.2 Å². The lowest BCUT2D eigenvalue weighted by molar-refractivity contribution is -0.140. The van der Waals surface area contributed by atoms with Crippen LogP contribution in [0.1, 0.15) is 36.8 Å². The van der Waals surface area contributed by atoms with Crippen LogP contribution in [0.15, 0.2) is 73.8 Å². The Morgan fingerprint density at radius 3 is 2.43 bits per heavy atom. The number of likely N-dealkylation sites (tertiary alicyclic amines) is 1. The Hall–Kier alpha value is -3.27. The van der Waals surface area contributed by atoms with Crippen LogP contribution in [0.3, 0.4) is 0 Å². The van der Waals surface area contributed by atoms with Crippen LogP contribution >= 0.6 is 15.9 Å². The molecule has 6 atom stereocenters. The van der Waals surface area contributed by atoms with E-state index >= 15 is 0 Å². The first-order chi connectivity index (χ1) is 21.2. The first kappa shape index (κ1) is 32.1. The Balaban J connectivity index is 1.58. The number of nitrogens with zero attached hydrogens (tertiary/aromatic N) is 3. The summed E-state index contributed by atoms with van der Waals surface area (Å²) in [5, 5.41) is 9.36. The number of alkyl halides is 1. The number of para-hydroxylation sites is 1. The summed E-state index contributed by atoms with van der Waals surface area (Å²) in [7, 11) is 0. The van der Waals surface area contributed by atoms with Gasteiger partial charge in [-0.05, 0) is 68.9 Å². The molecule has 234 valence electrons. The molecule has 0 aromatic heterocycles. The zero-order valence-electron chi connectivity index (χ0n) is 25.5. The van der Waals surface area contributed by atoms with Crippen molar-refractivity contribution in [3.8, 4) is 0 Å². The normalized spacial score (nSPS) is 26.9. The molecule has 9 heteroatoms. The van der Waals surface area contributed by atoms with Gasteiger partial charge in [-0.25, -0.2) is 0 Å². The van der Waals surface area contributed by atoms with Gasteiger partial charge in [0.05, 0.1) is 17.9 Å². The third-order valence-electron chi connectivity index (χ3n) is 9.24. The highest BCUT2D eigenvalue weighted by Crippen LogP contribution is 2.60. The van der Waals surface area contributed by atoms with Gasteiger partial charge in [0.15, 0.2) is 0 Å². The van der Waals surface area contributed by atoms with E-state index in [9.17, 15) is 19.5 Å². The number of fused-ring (bicyclic) bond motifs is 1. The summed E-state index contributed by atoms with van der Waals surface area (Å²) < 4.78 is 6.78. The number of aliphatic hydroxyl groups is 1. The molecule has 3 saturated heterocycles. The number of rotatable bonds is 13. The van der Waals surface area contributed by atoms with E-state index in [4.69, 9.17) is 4.74 Å². The van der Waals surface area contributed by atoms with Crippen LogP contribution in [0, 0.1) is 25.7 Å². The van der Waals surface area contributed by atoms with E-state index in [1.807, 2.05) is 62.4 Å². The molecule has 3 amide bonds. The summed E-state index contributed by atoms with van der Waals surface area (Å²) in [5.74, 6) is -2.25. The standard InChI is InChI=1S/C35H42BrN3O5/c1-5-17-37(25-13-9-7-10-14-25)32(41)28-29-33(42)39(19-11-8-12-20-40)31(35(29)22-26(36)30(28)44-35)34(43)38(18-6-2)27-21-23(3)15-16-24(27)4/h5-7,9-10,13-16,21,26,28-31,40H,1-2,8,11-12,17-20,22H2,3-4H3/t26?,28-,29+,30-,31?,35?/m1/s1. The van der Waals surface area contributed by atoms with Crippen LogP contribution in [0.25, 0.3) is 0 Å². The van der Waals surface area contributed by atoms with Crippen LogP contribution < -0.4 is 9.80 Å². The molecule has 2 bridgehead atoms. The second-order valence-corrected chi connectivity index (χ2v) is 13.3. The monoisotopic (exact) mass is 663 g/mol. The van der Waals surface area contributed by atoms with Gasteiger partial charge >= 0.3 is 0 Å². The predicted molar refractivity (Wildman–Crippen MR) is 176 cm³/mol. The molecule has 1 N–H and O–H groups in total. The molecular weight excluding hydrogens is 622 g/mol. The van der Waals surface area contributed by atoms with E-state index in [2.05, 4.69) is 29.1 Å². The van der Waals surface area contributed by atoms with E-state index in [1.54, 1.807) is 26.9 Å². The number of hydrogen-bond acceptors (Lipinski definition) is 5. The maximum atomic E-state index is 14.9. The summed E-state index contributed by atoms with van der Waals surface area (Å²) >= 11 is 3.79. The fourth-order valence-electron chi connectivity index (χ4n) is 7.34. The van der Waals surface area contributed by atoms with Crippen LogP contribution in [0.5, 0.6) is 0 Å². The number of ether oxygens (including phenoxy) is 1. The minimum atomic E-state index is -1.17. The molecule has 0 aliphatic carbocycles. The van der Waals surface area contributed by atoms with Crippen molar-refractivity contribution in [3.05, 3.63) is 85.0 Å². The van der Waals surface area contributed by atoms with Crippen LogP contribution in [0.2, 0.25) is 0 Å². The molecule has 44 heavy (non-hydrogen) atoms. The SMILES string of the molecule is C=CCN(C(=O)[C@H]1[C@@H]2OC3(CC2Br)C(C(=O)N(CC=C)c2cc(C)ccc2C)N(CCCCCO)C(=O)[C@H]13)c1ccccc1. The molecule has 3 heterocycles. The van der Waals surface area contributed by atoms with Gasteiger partial charge < -0.3 is 24.5 Å². The largest absolute Gasteiger partial charge is 0.396 e. The van der Waals surface area contributed by atoms with Crippen molar-refractivity contribution >= 4 is 45.0 Å². The number of benzene rings is 2. The van der Waals surface area contributed by atoms with Gasteiger partial charge in [-0.3, -0.25) is 14.4 Å². The molecule has 3 aliphatic heterocycles. The zero-order valence-corrected chi connectivity index (χ0v) is 27.1. The molecule has 3 aliphatic rings. The van der Waals surface area contributed by atoms with E-state index in [1.165, 1.54) is 0 Å². The number of halogens is 1. The first-order valence-electron chi connectivity index (χ1n) is 15.4. The molecule has 1 spiro atoms. The topological polar surface area (TPSA) is 90.4 Å². The smallest absolute Gasteiger partial charge is 0.253 e. The number of aliphatic hydroxyl groups excluding tert-OH is 1. The average Bonchev–Trinajstić information content (AvgIpc) is 3.61. The Kier molecular flexibility index (Phi) is 9.77. The summed E-state index contributed by atoms with van der Waals surface area (Å²) in [5.41, 5.74) is 2.26. The van der Waals surface area contributed by atoms with Crippen molar-refractivity contribution in [1.82, 2.24) is 4.90 Å².